The molecule has 0 aromatic carbocycles. The van der Waals surface area contributed by atoms with Gasteiger partial charge in [0.2, 0.25) is 0 Å². The first kappa shape index (κ1) is 47.3. The minimum atomic E-state index is -0.566. The summed E-state index contributed by atoms with van der Waals surface area (Å²) in [5, 5.41) is 0. The molecule has 0 aromatic rings. The molecule has 0 saturated carbocycles. The third-order valence-corrected chi connectivity index (χ3v) is 8.23. The van der Waals surface area contributed by atoms with Gasteiger partial charge in [0.25, 0.3) is 0 Å². The van der Waals surface area contributed by atoms with Gasteiger partial charge in [0.05, 0.1) is 6.61 Å². The topological polar surface area (TPSA) is 61.8 Å². The average Bonchev–Trinajstić information content (AvgIpc) is 3.11. The van der Waals surface area contributed by atoms with Crippen LogP contribution < -0.4 is 0 Å². The third kappa shape index (κ3) is 38.1. The molecular formula is C45H76O5. The summed E-state index contributed by atoms with van der Waals surface area (Å²) in [6.45, 7) is 7.44. The molecule has 1 unspecified atom stereocenters. The van der Waals surface area contributed by atoms with Gasteiger partial charge in [-0.1, -0.05) is 151 Å². The summed E-state index contributed by atoms with van der Waals surface area (Å²) in [6.07, 6.45) is 50.7. The van der Waals surface area contributed by atoms with Crippen LogP contribution in [-0.4, -0.2) is 37.9 Å². The molecule has 0 spiro atoms. The largest absolute Gasteiger partial charge is 0.462 e. The van der Waals surface area contributed by atoms with Crippen molar-refractivity contribution in [1.29, 1.82) is 0 Å². The lowest BCUT2D eigenvalue weighted by Gasteiger charge is -2.18. The highest BCUT2D eigenvalue weighted by Gasteiger charge is 2.17. The lowest BCUT2D eigenvalue weighted by Crippen LogP contribution is -2.30. The molecule has 0 radical (unpaired) electrons. The number of hydrogen-bond acceptors (Lipinski definition) is 5. The van der Waals surface area contributed by atoms with Crippen molar-refractivity contribution in [2.45, 2.75) is 181 Å². The van der Waals surface area contributed by atoms with Crippen LogP contribution in [0.5, 0.6) is 0 Å². The Morgan fingerprint density at radius 1 is 0.460 bits per heavy atom. The van der Waals surface area contributed by atoms with Crippen molar-refractivity contribution in [2.24, 2.45) is 0 Å². The minimum Gasteiger partial charge on any atom is -0.462 e. The van der Waals surface area contributed by atoms with Gasteiger partial charge in [0.15, 0.2) is 6.10 Å². The zero-order valence-corrected chi connectivity index (χ0v) is 32.6. The van der Waals surface area contributed by atoms with E-state index >= 15 is 0 Å². The van der Waals surface area contributed by atoms with Gasteiger partial charge >= 0.3 is 11.9 Å². The molecule has 0 amide bonds. The summed E-state index contributed by atoms with van der Waals surface area (Å²) in [6, 6.07) is 0. The zero-order valence-electron chi connectivity index (χ0n) is 32.6. The van der Waals surface area contributed by atoms with Crippen molar-refractivity contribution in [3.8, 4) is 0 Å². The molecule has 50 heavy (non-hydrogen) atoms. The van der Waals surface area contributed by atoms with E-state index < -0.39 is 6.10 Å². The predicted octanol–water partition coefficient (Wildman–Crippen LogP) is 13.2. The summed E-state index contributed by atoms with van der Waals surface area (Å²) in [7, 11) is 0. The van der Waals surface area contributed by atoms with E-state index in [2.05, 4.69) is 93.7 Å². The number of rotatable bonds is 36. The van der Waals surface area contributed by atoms with Crippen molar-refractivity contribution in [2.75, 3.05) is 19.8 Å². The number of hydrogen-bond donors (Lipinski definition) is 0. The van der Waals surface area contributed by atoms with Crippen molar-refractivity contribution >= 4 is 11.9 Å². The molecule has 0 fully saturated rings. The highest BCUT2D eigenvalue weighted by Crippen LogP contribution is 2.11. The Balaban J connectivity index is 4.22. The van der Waals surface area contributed by atoms with Gasteiger partial charge in [-0.2, -0.15) is 0 Å². The van der Waals surface area contributed by atoms with E-state index in [4.69, 9.17) is 14.2 Å². The van der Waals surface area contributed by atoms with Crippen LogP contribution in [0.1, 0.15) is 175 Å². The number of carbonyl (C=O) groups is 2. The van der Waals surface area contributed by atoms with Crippen LogP contribution >= 0.6 is 0 Å². The molecule has 0 aliphatic heterocycles. The number of esters is 2. The van der Waals surface area contributed by atoms with E-state index in [0.717, 1.165) is 89.9 Å². The molecule has 0 N–H and O–H groups in total. The van der Waals surface area contributed by atoms with Gasteiger partial charge in [-0.15, -0.1) is 0 Å². The maximum absolute atomic E-state index is 12.5. The Labute approximate surface area is 308 Å². The quantitative estimate of drug-likeness (QED) is 0.0371. The molecule has 0 bridgehead atoms. The van der Waals surface area contributed by atoms with E-state index in [1.165, 1.54) is 51.4 Å². The van der Waals surface area contributed by atoms with Crippen LogP contribution in [0.15, 0.2) is 72.9 Å². The van der Waals surface area contributed by atoms with Crippen LogP contribution in [0.4, 0.5) is 0 Å². The molecule has 0 saturated heterocycles. The van der Waals surface area contributed by atoms with Crippen molar-refractivity contribution in [3.05, 3.63) is 72.9 Å². The van der Waals surface area contributed by atoms with Gasteiger partial charge in [-0.3, -0.25) is 9.59 Å². The second-order valence-electron chi connectivity index (χ2n) is 13.2. The van der Waals surface area contributed by atoms with Crippen LogP contribution in [0.2, 0.25) is 0 Å². The summed E-state index contributed by atoms with van der Waals surface area (Å²) in [4.78, 5) is 24.9. The third-order valence-electron chi connectivity index (χ3n) is 8.23. The Morgan fingerprint density at radius 2 is 0.900 bits per heavy atom. The predicted molar refractivity (Wildman–Crippen MR) is 214 cm³/mol. The molecule has 0 aliphatic carbocycles. The van der Waals surface area contributed by atoms with E-state index in [0.29, 0.717) is 19.4 Å². The highest BCUT2D eigenvalue weighted by molar-refractivity contribution is 5.70. The van der Waals surface area contributed by atoms with Gasteiger partial charge in [-0.05, 0) is 83.5 Å². The Bertz CT molecular complexity index is 926. The molecule has 0 aliphatic rings. The number of carbonyl (C=O) groups excluding carboxylic acids is 2. The second-order valence-corrected chi connectivity index (χ2v) is 13.2. The SMILES string of the molecule is CC/C=C\C/C=C\C/C=C\C/C=C\CCCOCC(COC(=O)CCCCCCC/C=C\C/C=C\CCCCC)OC(=O)CCCCCCC. The van der Waals surface area contributed by atoms with Crippen LogP contribution in [0, 0.1) is 0 Å². The lowest BCUT2D eigenvalue weighted by molar-refractivity contribution is -0.163. The molecule has 286 valence electrons. The summed E-state index contributed by atoms with van der Waals surface area (Å²) >= 11 is 0. The van der Waals surface area contributed by atoms with E-state index in [-0.39, 0.29) is 25.2 Å². The zero-order chi connectivity index (χ0) is 36.4. The number of allylic oxidation sites excluding steroid dienone is 12. The molecule has 0 aromatic heterocycles. The van der Waals surface area contributed by atoms with E-state index in [1.807, 2.05) is 0 Å². The van der Waals surface area contributed by atoms with E-state index in [9.17, 15) is 9.59 Å². The van der Waals surface area contributed by atoms with Crippen LogP contribution in [0.25, 0.3) is 0 Å². The van der Waals surface area contributed by atoms with Crippen molar-refractivity contribution in [3.63, 3.8) is 0 Å². The monoisotopic (exact) mass is 697 g/mol. The van der Waals surface area contributed by atoms with Crippen LogP contribution in [0.3, 0.4) is 0 Å². The van der Waals surface area contributed by atoms with Crippen molar-refractivity contribution in [1.82, 2.24) is 0 Å². The van der Waals surface area contributed by atoms with E-state index in [1.54, 1.807) is 0 Å². The fourth-order valence-corrected chi connectivity index (χ4v) is 5.19. The first-order valence-electron chi connectivity index (χ1n) is 20.5. The first-order valence-corrected chi connectivity index (χ1v) is 20.5. The molecule has 5 nitrogen and oxygen atoms in total. The molecule has 0 heterocycles. The first-order chi connectivity index (χ1) is 24.6. The van der Waals surface area contributed by atoms with Crippen LogP contribution in [-0.2, 0) is 23.8 Å². The fourth-order valence-electron chi connectivity index (χ4n) is 5.19. The second kappa shape index (κ2) is 40.8. The highest BCUT2D eigenvalue weighted by atomic mass is 16.6. The Morgan fingerprint density at radius 3 is 1.48 bits per heavy atom. The van der Waals surface area contributed by atoms with Gasteiger partial charge < -0.3 is 14.2 Å². The summed E-state index contributed by atoms with van der Waals surface area (Å²) in [5.74, 6) is -0.463. The summed E-state index contributed by atoms with van der Waals surface area (Å²) in [5.41, 5.74) is 0. The van der Waals surface area contributed by atoms with Gasteiger partial charge in [-0.25, -0.2) is 0 Å². The molecular weight excluding hydrogens is 620 g/mol. The smallest absolute Gasteiger partial charge is 0.306 e. The Hall–Kier alpha value is -2.66. The standard InChI is InChI=1S/C45H76O5/c1-4-7-10-13-15-17-19-21-23-24-26-28-30-33-35-38-44(46)49-42-43(50-45(47)39-36-32-12-9-6-3)41-48-40-37-34-31-29-27-25-22-20-18-16-14-11-8-5-2/h8,11,15-18,21-23,25,29,31,43H,4-7,9-10,12-14,19-20,24,26-28,30,32-42H2,1-3H3/b11-8-,17-15-,18-16-,23-21-,25-22-,31-29-. The molecule has 1 atom stereocenters. The number of ether oxygens (including phenoxy) is 3. The Kier molecular flexibility index (Phi) is 38.6. The maximum Gasteiger partial charge on any atom is 0.306 e. The van der Waals surface area contributed by atoms with Crippen molar-refractivity contribution < 1.29 is 23.8 Å². The summed E-state index contributed by atoms with van der Waals surface area (Å²) < 4.78 is 17.1. The maximum atomic E-state index is 12.5. The van der Waals surface area contributed by atoms with Gasteiger partial charge in [0, 0.05) is 19.4 Å². The van der Waals surface area contributed by atoms with Gasteiger partial charge in [0.1, 0.15) is 6.61 Å². The minimum absolute atomic E-state index is 0.0531. The average molecular weight is 697 g/mol. The fraction of sp³-hybridized carbons (Fsp3) is 0.689. The normalized spacial score (nSPS) is 12.9. The molecule has 5 heteroatoms. The number of unbranched alkanes of at least 4 members (excludes halogenated alkanes) is 13. The lowest BCUT2D eigenvalue weighted by atomic mass is 10.1. The molecule has 0 rings (SSSR count).